The number of hydrogen-bond acceptors (Lipinski definition) is 7. The van der Waals surface area contributed by atoms with Crippen LogP contribution in [-0.4, -0.2) is 80.2 Å². The van der Waals surface area contributed by atoms with Crippen molar-refractivity contribution in [1.29, 1.82) is 0 Å². The molecule has 0 atom stereocenters. The van der Waals surface area contributed by atoms with Crippen molar-refractivity contribution >= 4 is 22.8 Å². The van der Waals surface area contributed by atoms with Crippen molar-refractivity contribution in [3.8, 4) is 0 Å². The fourth-order valence-electron chi connectivity index (χ4n) is 3.42. The summed E-state index contributed by atoms with van der Waals surface area (Å²) in [4.78, 5) is 25.9. The number of hydrogen-bond donors (Lipinski definition) is 0. The van der Waals surface area contributed by atoms with E-state index in [4.69, 9.17) is 4.74 Å². The number of aryl methyl sites for hydroxylation is 2. The second-order valence-corrected chi connectivity index (χ2v) is 6.84. The Morgan fingerprint density at radius 3 is 2.75 bits per heavy atom. The van der Waals surface area contributed by atoms with Crippen molar-refractivity contribution in [1.82, 2.24) is 34.4 Å². The predicted octanol–water partition coefficient (Wildman–Crippen LogP) is 0.477. The number of anilines is 1. The molecule has 1 fully saturated rings. The number of amides is 1. The normalized spacial score (nSPS) is 14.8. The molecule has 0 unspecified atom stereocenters. The second kappa shape index (κ2) is 7.55. The lowest BCUT2D eigenvalue weighted by molar-refractivity contribution is 0.0739. The van der Waals surface area contributed by atoms with Gasteiger partial charge in [0, 0.05) is 46.5 Å². The third-order valence-electron chi connectivity index (χ3n) is 4.93. The standard InChI is InChI=1S/C18H24N8O2/c1-13-20-16-14(12-19-23(16)2)17(21-13)24-6-8-25(9-7-24)18(27)15-4-5-26(22-15)10-11-28-3/h4-5,12H,6-11H2,1-3H3. The van der Waals surface area contributed by atoms with E-state index in [1.165, 1.54) is 0 Å². The van der Waals surface area contributed by atoms with E-state index in [0.717, 1.165) is 16.9 Å². The first-order valence-corrected chi connectivity index (χ1v) is 9.30. The highest BCUT2D eigenvalue weighted by molar-refractivity contribution is 5.92. The molecule has 1 amide bonds. The molecule has 0 saturated carbocycles. The zero-order valence-electron chi connectivity index (χ0n) is 16.4. The fourth-order valence-corrected chi connectivity index (χ4v) is 3.42. The molecular weight excluding hydrogens is 360 g/mol. The van der Waals surface area contributed by atoms with Gasteiger partial charge in [-0.25, -0.2) is 9.97 Å². The molecule has 4 rings (SSSR count). The summed E-state index contributed by atoms with van der Waals surface area (Å²) in [7, 11) is 3.52. The van der Waals surface area contributed by atoms with Crippen molar-refractivity contribution in [2.45, 2.75) is 13.5 Å². The van der Waals surface area contributed by atoms with Gasteiger partial charge in [0.15, 0.2) is 5.65 Å². The molecule has 3 aromatic rings. The van der Waals surface area contributed by atoms with Crippen molar-refractivity contribution in [2.75, 3.05) is 44.8 Å². The van der Waals surface area contributed by atoms with Crippen molar-refractivity contribution < 1.29 is 9.53 Å². The minimum Gasteiger partial charge on any atom is -0.383 e. The molecule has 1 aliphatic heterocycles. The van der Waals surface area contributed by atoms with Gasteiger partial charge in [-0.3, -0.25) is 14.2 Å². The Hall–Kier alpha value is -3.01. The average Bonchev–Trinajstić information content (AvgIpc) is 3.33. The van der Waals surface area contributed by atoms with E-state index in [1.807, 2.05) is 25.1 Å². The Kier molecular flexibility index (Phi) is 4.95. The maximum absolute atomic E-state index is 12.8. The van der Waals surface area contributed by atoms with E-state index in [2.05, 4.69) is 25.1 Å². The Labute approximate surface area is 162 Å². The summed E-state index contributed by atoms with van der Waals surface area (Å²) in [6, 6.07) is 1.76. The van der Waals surface area contributed by atoms with Gasteiger partial charge in [0.25, 0.3) is 5.91 Å². The van der Waals surface area contributed by atoms with Crippen LogP contribution in [0, 0.1) is 6.92 Å². The van der Waals surface area contributed by atoms with Crippen LogP contribution in [0.3, 0.4) is 0 Å². The van der Waals surface area contributed by atoms with Crippen molar-refractivity contribution in [3.63, 3.8) is 0 Å². The summed E-state index contributed by atoms with van der Waals surface area (Å²) >= 11 is 0. The largest absolute Gasteiger partial charge is 0.383 e. The first-order valence-electron chi connectivity index (χ1n) is 9.30. The van der Waals surface area contributed by atoms with E-state index >= 15 is 0 Å². The first-order chi connectivity index (χ1) is 13.6. The zero-order chi connectivity index (χ0) is 19.7. The van der Waals surface area contributed by atoms with Crippen LogP contribution in [0.15, 0.2) is 18.5 Å². The van der Waals surface area contributed by atoms with Crippen LogP contribution in [-0.2, 0) is 18.3 Å². The summed E-state index contributed by atoms with van der Waals surface area (Å²) in [5, 5.41) is 9.59. The number of fused-ring (bicyclic) bond motifs is 1. The van der Waals surface area contributed by atoms with E-state index in [-0.39, 0.29) is 5.91 Å². The molecular formula is C18H24N8O2. The maximum atomic E-state index is 12.8. The summed E-state index contributed by atoms with van der Waals surface area (Å²) in [5.41, 5.74) is 1.29. The number of piperazine rings is 1. The predicted molar refractivity (Wildman–Crippen MR) is 103 cm³/mol. The first kappa shape index (κ1) is 18.4. The number of methoxy groups -OCH3 is 1. The van der Waals surface area contributed by atoms with E-state index < -0.39 is 0 Å². The SMILES string of the molecule is COCCn1ccc(C(=O)N2CCN(c3nc(C)nc4c3cnn4C)CC2)n1. The van der Waals surface area contributed by atoms with E-state index in [9.17, 15) is 4.79 Å². The van der Waals surface area contributed by atoms with Gasteiger partial charge in [-0.1, -0.05) is 0 Å². The molecule has 0 radical (unpaired) electrons. The molecule has 0 bridgehead atoms. The highest BCUT2D eigenvalue weighted by Gasteiger charge is 2.26. The van der Waals surface area contributed by atoms with Crippen LogP contribution in [0.4, 0.5) is 5.82 Å². The minimum atomic E-state index is -0.0405. The molecule has 0 N–H and O–H groups in total. The van der Waals surface area contributed by atoms with Gasteiger partial charge in [-0.05, 0) is 13.0 Å². The van der Waals surface area contributed by atoms with Gasteiger partial charge in [0.1, 0.15) is 17.3 Å². The second-order valence-electron chi connectivity index (χ2n) is 6.84. The molecule has 3 aromatic heterocycles. The Bertz CT molecular complexity index is 987. The fraction of sp³-hybridized carbons (Fsp3) is 0.500. The van der Waals surface area contributed by atoms with Crippen LogP contribution >= 0.6 is 0 Å². The maximum Gasteiger partial charge on any atom is 0.274 e. The lowest BCUT2D eigenvalue weighted by Crippen LogP contribution is -2.49. The molecule has 1 saturated heterocycles. The Morgan fingerprint density at radius 2 is 2.00 bits per heavy atom. The minimum absolute atomic E-state index is 0.0405. The number of aromatic nitrogens is 6. The molecule has 0 aromatic carbocycles. The number of rotatable bonds is 5. The monoisotopic (exact) mass is 384 g/mol. The molecule has 28 heavy (non-hydrogen) atoms. The molecule has 1 aliphatic rings. The molecule has 148 valence electrons. The number of carbonyl (C=O) groups excluding carboxylic acids is 1. The highest BCUT2D eigenvalue weighted by atomic mass is 16.5. The zero-order valence-corrected chi connectivity index (χ0v) is 16.4. The summed E-state index contributed by atoms with van der Waals surface area (Å²) in [6.07, 6.45) is 3.61. The van der Waals surface area contributed by atoms with Crippen LogP contribution < -0.4 is 4.90 Å². The van der Waals surface area contributed by atoms with Crippen molar-refractivity contribution in [3.05, 3.63) is 30.0 Å². The molecule has 10 nitrogen and oxygen atoms in total. The smallest absolute Gasteiger partial charge is 0.274 e. The summed E-state index contributed by atoms with van der Waals surface area (Å²) in [6.45, 7) is 5.73. The number of nitrogens with zero attached hydrogens (tertiary/aromatic N) is 8. The molecule has 4 heterocycles. The van der Waals surface area contributed by atoms with Crippen LogP contribution in [0.1, 0.15) is 16.3 Å². The molecule has 0 spiro atoms. The lowest BCUT2D eigenvalue weighted by Gasteiger charge is -2.35. The average molecular weight is 384 g/mol. The van der Waals surface area contributed by atoms with Gasteiger partial charge >= 0.3 is 0 Å². The van der Waals surface area contributed by atoms with Gasteiger partial charge in [-0.2, -0.15) is 10.2 Å². The molecule has 10 heteroatoms. The third kappa shape index (κ3) is 3.42. The highest BCUT2D eigenvalue weighted by Crippen LogP contribution is 2.24. The van der Waals surface area contributed by atoms with Crippen LogP contribution in [0.5, 0.6) is 0 Å². The quantitative estimate of drug-likeness (QED) is 0.631. The summed E-state index contributed by atoms with van der Waals surface area (Å²) < 4.78 is 8.54. The number of carbonyl (C=O) groups is 1. The van der Waals surface area contributed by atoms with Gasteiger partial charge in [0.2, 0.25) is 0 Å². The van der Waals surface area contributed by atoms with E-state index in [0.29, 0.717) is 50.8 Å². The summed E-state index contributed by atoms with van der Waals surface area (Å²) in [5.74, 6) is 1.55. The van der Waals surface area contributed by atoms with Crippen LogP contribution in [0.2, 0.25) is 0 Å². The van der Waals surface area contributed by atoms with Gasteiger partial charge in [0.05, 0.1) is 24.7 Å². The molecule has 0 aliphatic carbocycles. The van der Waals surface area contributed by atoms with Crippen LogP contribution in [0.25, 0.3) is 11.0 Å². The lowest BCUT2D eigenvalue weighted by atomic mass is 10.2. The van der Waals surface area contributed by atoms with E-state index in [1.54, 1.807) is 28.7 Å². The Morgan fingerprint density at radius 1 is 1.21 bits per heavy atom. The topological polar surface area (TPSA) is 94.2 Å². The van der Waals surface area contributed by atoms with Crippen molar-refractivity contribution in [2.24, 2.45) is 7.05 Å². The third-order valence-corrected chi connectivity index (χ3v) is 4.93. The van der Waals surface area contributed by atoms with Gasteiger partial charge in [-0.15, -0.1) is 0 Å². The number of ether oxygens (including phenoxy) is 1. The van der Waals surface area contributed by atoms with Gasteiger partial charge < -0.3 is 14.5 Å². The Balaban J connectivity index is 1.45.